The molecule has 1 N–H and O–H groups in total. The minimum atomic E-state index is -0.261. The highest BCUT2D eigenvalue weighted by Gasteiger charge is 2.13. The molecular weight excluding hydrogens is 432 g/mol. The van der Waals surface area contributed by atoms with Gasteiger partial charge in [0.05, 0.1) is 19.7 Å². The summed E-state index contributed by atoms with van der Waals surface area (Å²) in [6.45, 7) is 0. The van der Waals surface area contributed by atoms with E-state index in [9.17, 15) is 4.79 Å². The number of carbonyl (C=O) groups excluding carboxylic acids is 1. The monoisotopic (exact) mass is 454 g/mol. The average molecular weight is 454 g/mol. The highest BCUT2D eigenvalue weighted by Crippen LogP contribution is 2.37. The number of methoxy groups -OCH3 is 2. The highest BCUT2D eigenvalue weighted by molar-refractivity contribution is 6.03. The maximum Gasteiger partial charge on any atom is 0.291 e. The second kappa shape index (κ2) is 8.74. The minimum absolute atomic E-state index is 0.261. The molecule has 5 aromatic rings. The summed E-state index contributed by atoms with van der Waals surface area (Å²) in [6, 6.07) is 17.0. The van der Waals surface area contributed by atoms with Crippen molar-refractivity contribution in [1.82, 2.24) is 14.5 Å². The third-order valence-electron chi connectivity index (χ3n) is 5.53. The molecule has 0 atom stereocenters. The van der Waals surface area contributed by atoms with Gasteiger partial charge in [-0.1, -0.05) is 12.1 Å². The van der Waals surface area contributed by atoms with Gasteiger partial charge >= 0.3 is 0 Å². The number of amides is 1. The number of nitrogens with zero attached hydrogens (tertiary/aromatic N) is 3. The predicted octanol–water partition coefficient (Wildman–Crippen LogP) is 5.18. The van der Waals surface area contributed by atoms with Crippen LogP contribution in [0.15, 0.2) is 73.2 Å². The number of nitrogens with one attached hydrogen (secondary N) is 1. The summed E-state index contributed by atoms with van der Waals surface area (Å²) >= 11 is 0. The quantitative estimate of drug-likeness (QED) is 0.380. The average Bonchev–Trinajstić information content (AvgIpc) is 3.29. The molecule has 2 aromatic heterocycles. The van der Waals surface area contributed by atoms with Crippen molar-refractivity contribution in [3.8, 4) is 23.0 Å². The summed E-state index contributed by atoms with van der Waals surface area (Å²) in [5.74, 6) is 2.64. The van der Waals surface area contributed by atoms with Gasteiger partial charge in [-0.15, -0.1) is 0 Å². The van der Waals surface area contributed by atoms with E-state index in [1.54, 1.807) is 44.4 Å². The number of anilines is 1. The second-order valence-electron chi connectivity index (χ2n) is 7.68. The first-order valence-electron chi connectivity index (χ1n) is 10.6. The molecule has 0 aliphatic rings. The summed E-state index contributed by atoms with van der Waals surface area (Å²) in [4.78, 5) is 20.9. The summed E-state index contributed by atoms with van der Waals surface area (Å²) in [5.41, 5.74) is 1.43. The van der Waals surface area contributed by atoms with E-state index < -0.39 is 0 Å². The van der Waals surface area contributed by atoms with E-state index in [2.05, 4.69) is 15.3 Å². The summed E-state index contributed by atoms with van der Waals surface area (Å²) in [5, 5.41) is 5.65. The lowest BCUT2D eigenvalue weighted by molar-refractivity contribution is 0.101. The third-order valence-corrected chi connectivity index (χ3v) is 5.53. The Morgan fingerprint density at radius 3 is 2.38 bits per heavy atom. The predicted molar refractivity (Wildman–Crippen MR) is 130 cm³/mol. The summed E-state index contributed by atoms with van der Waals surface area (Å²) in [7, 11) is 4.97. The van der Waals surface area contributed by atoms with E-state index >= 15 is 0 Å². The van der Waals surface area contributed by atoms with Crippen LogP contribution in [0.4, 0.5) is 5.69 Å². The van der Waals surface area contributed by atoms with Crippen molar-refractivity contribution >= 4 is 33.3 Å². The maximum atomic E-state index is 12.4. The lowest BCUT2D eigenvalue weighted by Crippen LogP contribution is -2.16. The van der Waals surface area contributed by atoms with Crippen LogP contribution >= 0.6 is 0 Å². The van der Waals surface area contributed by atoms with E-state index in [1.165, 1.54) is 0 Å². The van der Waals surface area contributed by atoms with Gasteiger partial charge < -0.3 is 24.1 Å². The van der Waals surface area contributed by atoms with Gasteiger partial charge in [-0.05, 0) is 47.2 Å². The molecule has 0 bridgehead atoms. The van der Waals surface area contributed by atoms with Gasteiger partial charge in [-0.3, -0.25) is 9.78 Å². The van der Waals surface area contributed by atoms with Crippen molar-refractivity contribution in [2.24, 2.45) is 7.05 Å². The number of rotatable bonds is 6. The Morgan fingerprint density at radius 2 is 1.62 bits per heavy atom. The topological polar surface area (TPSA) is 87.5 Å². The van der Waals surface area contributed by atoms with Crippen LogP contribution in [0.3, 0.4) is 0 Å². The fraction of sp³-hybridized carbons (Fsp3) is 0.115. The largest absolute Gasteiger partial charge is 0.493 e. The zero-order valence-electron chi connectivity index (χ0n) is 18.9. The molecule has 3 aromatic carbocycles. The van der Waals surface area contributed by atoms with Gasteiger partial charge in [-0.25, -0.2) is 4.98 Å². The number of fused-ring (bicyclic) bond motifs is 2. The lowest BCUT2D eigenvalue weighted by atomic mass is 10.1. The molecule has 34 heavy (non-hydrogen) atoms. The van der Waals surface area contributed by atoms with Crippen molar-refractivity contribution in [2.75, 3.05) is 19.5 Å². The molecule has 1 amide bonds. The molecule has 8 heteroatoms. The van der Waals surface area contributed by atoms with E-state index in [0.29, 0.717) is 34.5 Å². The Bertz CT molecular complexity index is 1530. The highest BCUT2D eigenvalue weighted by atomic mass is 16.5. The van der Waals surface area contributed by atoms with Crippen LogP contribution in [0.1, 0.15) is 10.6 Å². The van der Waals surface area contributed by atoms with Gasteiger partial charge in [0.15, 0.2) is 17.3 Å². The number of aryl methyl sites for hydroxylation is 1. The van der Waals surface area contributed by atoms with Crippen LogP contribution in [-0.2, 0) is 7.05 Å². The lowest BCUT2D eigenvalue weighted by Gasteiger charge is -2.13. The molecule has 0 saturated carbocycles. The Balaban J connectivity index is 1.42. The fourth-order valence-corrected chi connectivity index (χ4v) is 3.80. The smallest absolute Gasteiger partial charge is 0.291 e. The van der Waals surface area contributed by atoms with Crippen molar-refractivity contribution in [3.63, 3.8) is 0 Å². The van der Waals surface area contributed by atoms with E-state index in [1.807, 2.05) is 54.6 Å². The normalized spacial score (nSPS) is 10.9. The molecule has 0 saturated heterocycles. The number of aromatic nitrogens is 3. The molecule has 8 nitrogen and oxygen atoms in total. The van der Waals surface area contributed by atoms with Gasteiger partial charge in [0.25, 0.3) is 5.91 Å². The number of hydrogen-bond donors (Lipinski definition) is 1. The summed E-state index contributed by atoms with van der Waals surface area (Å²) < 4.78 is 18.7. The third kappa shape index (κ3) is 3.97. The number of hydrogen-bond acceptors (Lipinski definition) is 6. The SMILES string of the molecule is COc1cc2nccc(Oc3ccc4cc(NC(=O)c5nccn5C)ccc4c3)c2cc1OC. The van der Waals surface area contributed by atoms with Gasteiger partial charge in [0.2, 0.25) is 0 Å². The summed E-state index contributed by atoms with van der Waals surface area (Å²) in [6.07, 6.45) is 5.02. The Labute approximate surface area is 195 Å². The molecule has 2 heterocycles. The van der Waals surface area contributed by atoms with E-state index in [4.69, 9.17) is 14.2 Å². The van der Waals surface area contributed by atoms with Crippen LogP contribution < -0.4 is 19.5 Å². The molecule has 170 valence electrons. The minimum Gasteiger partial charge on any atom is -0.493 e. The molecule has 0 spiro atoms. The first kappa shape index (κ1) is 21.3. The Kier molecular flexibility index (Phi) is 5.47. The molecule has 0 radical (unpaired) electrons. The standard InChI is InChI=1S/C26H22N4O4/c1-30-11-10-28-25(30)26(31)29-18-6-4-17-13-19(7-5-16(17)12-18)34-22-8-9-27-21-15-24(33-3)23(32-2)14-20(21)22/h4-15H,1-3H3,(H,29,31). The molecule has 0 unspecified atom stereocenters. The van der Waals surface area contributed by atoms with Crippen molar-refractivity contribution < 1.29 is 19.0 Å². The zero-order valence-corrected chi connectivity index (χ0v) is 18.9. The van der Waals surface area contributed by atoms with Gasteiger partial charge in [0.1, 0.15) is 11.5 Å². The zero-order chi connectivity index (χ0) is 23.7. The first-order chi connectivity index (χ1) is 16.6. The number of carbonyl (C=O) groups is 1. The van der Waals surface area contributed by atoms with Crippen molar-refractivity contribution in [1.29, 1.82) is 0 Å². The molecule has 5 rings (SSSR count). The van der Waals surface area contributed by atoms with Crippen molar-refractivity contribution in [3.05, 3.63) is 79.0 Å². The van der Waals surface area contributed by atoms with Crippen LogP contribution in [0.25, 0.3) is 21.7 Å². The van der Waals surface area contributed by atoms with Crippen molar-refractivity contribution in [2.45, 2.75) is 0 Å². The van der Waals surface area contributed by atoms with E-state index in [-0.39, 0.29) is 5.91 Å². The number of benzene rings is 3. The van der Waals surface area contributed by atoms with E-state index in [0.717, 1.165) is 21.7 Å². The number of pyridine rings is 1. The molecule has 0 aliphatic carbocycles. The Morgan fingerprint density at radius 1 is 0.853 bits per heavy atom. The van der Waals surface area contributed by atoms with Crippen LogP contribution in [-0.4, -0.2) is 34.7 Å². The number of ether oxygens (including phenoxy) is 3. The second-order valence-corrected chi connectivity index (χ2v) is 7.68. The van der Waals surface area contributed by atoms with Crippen LogP contribution in [0.2, 0.25) is 0 Å². The molecule has 0 fully saturated rings. The number of imidazole rings is 1. The molecule has 0 aliphatic heterocycles. The fourth-order valence-electron chi connectivity index (χ4n) is 3.80. The first-order valence-corrected chi connectivity index (χ1v) is 10.6. The molecular formula is C26H22N4O4. The maximum absolute atomic E-state index is 12.4. The van der Waals surface area contributed by atoms with Gasteiger partial charge in [-0.2, -0.15) is 0 Å². The Hall–Kier alpha value is -4.59. The van der Waals surface area contributed by atoms with Gasteiger partial charge in [0, 0.05) is 42.8 Å². The van der Waals surface area contributed by atoms with Crippen LogP contribution in [0, 0.1) is 0 Å². The van der Waals surface area contributed by atoms with Crippen LogP contribution in [0.5, 0.6) is 23.0 Å².